The lowest BCUT2D eigenvalue weighted by Gasteiger charge is -2.29. The molecule has 0 radical (unpaired) electrons. The van der Waals surface area contributed by atoms with Gasteiger partial charge < -0.3 is 11.1 Å². The molecule has 1 saturated carbocycles. The van der Waals surface area contributed by atoms with Gasteiger partial charge in [0, 0.05) is 12.7 Å². The van der Waals surface area contributed by atoms with E-state index in [0.717, 1.165) is 12.8 Å². The molecule has 0 spiro atoms. The summed E-state index contributed by atoms with van der Waals surface area (Å²) in [6.45, 7) is 2.44. The average Bonchev–Trinajstić information content (AvgIpc) is 3.23. The quantitative estimate of drug-likeness (QED) is 0.835. The fourth-order valence-electron chi connectivity index (χ4n) is 2.35. The van der Waals surface area contributed by atoms with Crippen molar-refractivity contribution in [2.45, 2.75) is 25.3 Å². The van der Waals surface area contributed by atoms with Crippen molar-refractivity contribution in [1.82, 2.24) is 25.1 Å². The predicted molar refractivity (Wildman–Crippen MR) is 76.8 cm³/mol. The van der Waals surface area contributed by atoms with Crippen LogP contribution in [0.3, 0.4) is 0 Å². The summed E-state index contributed by atoms with van der Waals surface area (Å²) < 4.78 is 1.54. The van der Waals surface area contributed by atoms with Crippen LogP contribution in [0.25, 0.3) is 5.82 Å². The molecule has 1 atom stereocenters. The highest BCUT2D eigenvalue weighted by Gasteiger charge is 2.41. The van der Waals surface area contributed by atoms with E-state index in [-0.39, 0.29) is 11.4 Å². The number of nitrogens with two attached hydrogens (primary N) is 1. The predicted octanol–water partition coefficient (Wildman–Crippen LogP) is 0.519. The smallest absolute Gasteiger partial charge is 0.253 e. The molecule has 2 aromatic heterocycles. The van der Waals surface area contributed by atoms with Gasteiger partial charge in [0.2, 0.25) is 0 Å². The van der Waals surface area contributed by atoms with Gasteiger partial charge in [-0.1, -0.05) is 0 Å². The summed E-state index contributed by atoms with van der Waals surface area (Å²) in [4.78, 5) is 20.4. The number of amides is 1. The Morgan fingerprint density at radius 1 is 1.52 bits per heavy atom. The first-order valence-electron chi connectivity index (χ1n) is 6.96. The van der Waals surface area contributed by atoms with Crippen molar-refractivity contribution in [2.75, 3.05) is 6.54 Å². The first-order valence-corrected chi connectivity index (χ1v) is 6.96. The van der Waals surface area contributed by atoms with Gasteiger partial charge in [-0.2, -0.15) is 5.10 Å². The monoisotopic (exact) mass is 286 g/mol. The van der Waals surface area contributed by atoms with Gasteiger partial charge in [-0.05, 0) is 37.8 Å². The number of hydrogen-bond donors (Lipinski definition) is 2. The van der Waals surface area contributed by atoms with Gasteiger partial charge in [0.15, 0.2) is 5.82 Å². The molecule has 7 heteroatoms. The number of nitrogens with zero attached hydrogens (tertiary/aromatic N) is 4. The van der Waals surface area contributed by atoms with E-state index >= 15 is 0 Å². The van der Waals surface area contributed by atoms with Crippen LogP contribution in [0.4, 0.5) is 0 Å². The normalized spacial score (nSPS) is 17.2. The van der Waals surface area contributed by atoms with Crippen molar-refractivity contribution < 1.29 is 4.79 Å². The van der Waals surface area contributed by atoms with Crippen LogP contribution in [0.2, 0.25) is 0 Å². The molecule has 1 unspecified atom stereocenters. The maximum absolute atomic E-state index is 12.3. The molecule has 0 aromatic carbocycles. The van der Waals surface area contributed by atoms with Crippen LogP contribution < -0.4 is 11.1 Å². The summed E-state index contributed by atoms with van der Waals surface area (Å²) in [6.07, 6.45) is 6.77. The minimum atomic E-state index is -0.332. The fourth-order valence-corrected chi connectivity index (χ4v) is 2.35. The number of rotatable bonds is 5. The summed E-state index contributed by atoms with van der Waals surface area (Å²) >= 11 is 0. The number of hydrogen-bond acceptors (Lipinski definition) is 5. The van der Waals surface area contributed by atoms with Gasteiger partial charge in [0.1, 0.15) is 12.7 Å². The lowest BCUT2D eigenvalue weighted by atomic mass is 9.95. The maximum atomic E-state index is 12.3. The molecular weight excluding hydrogens is 268 g/mol. The maximum Gasteiger partial charge on any atom is 0.253 e. The van der Waals surface area contributed by atoms with Crippen LogP contribution in [-0.2, 0) is 0 Å². The molecule has 7 nitrogen and oxygen atoms in total. The Labute approximate surface area is 122 Å². The topological polar surface area (TPSA) is 98.7 Å². The van der Waals surface area contributed by atoms with E-state index in [1.807, 2.05) is 6.92 Å². The molecule has 2 heterocycles. The summed E-state index contributed by atoms with van der Waals surface area (Å²) in [5.74, 6) is 0.953. The van der Waals surface area contributed by atoms with Crippen LogP contribution in [0.1, 0.15) is 30.1 Å². The minimum Gasteiger partial charge on any atom is -0.345 e. The fraction of sp³-hybridized carbons (Fsp3) is 0.429. The largest absolute Gasteiger partial charge is 0.345 e. The zero-order chi connectivity index (χ0) is 14.9. The van der Waals surface area contributed by atoms with Crippen LogP contribution in [0.5, 0.6) is 0 Å². The number of carbonyl (C=O) groups is 1. The molecule has 2 aromatic rings. The summed E-state index contributed by atoms with van der Waals surface area (Å²) in [6, 6.07) is 3.46. The van der Waals surface area contributed by atoms with Crippen LogP contribution >= 0.6 is 0 Å². The number of pyridine rings is 1. The molecule has 3 N–H and O–H groups in total. The second kappa shape index (κ2) is 5.25. The van der Waals surface area contributed by atoms with Crippen molar-refractivity contribution in [3.63, 3.8) is 0 Å². The van der Waals surface area contributed by atoms with Crippen molar-refractivity contribution in [2.24, 2.45) is 11.7 Å². The van der Waals surface area contributed by atoms with E-state index in [9.17, 15) is 4.79 Å². The lowest BCUT2D eigenvalue weighted by molar-refractivity contribution is 0.0897. The number of carbonyl (C=O) groups excluding carboxylic acids is 1. The zero-order valence-electron chi connectivity index (χ0n) is 11.9. The second-order valence-corrected chi connectivity index (χ2v) is 5.60. The standard InChI is InChI=1S/C14H18N6O/c1-14(7-15,11-3-4-11)19-13(21)10-2-5-12(17-6-10)20-9-16-8-18-20/h2,5-6,8-9,11H,3-4,7,15H2,1H3,(H,19,21). The molecule has 0 saturated heterocycles. The van der Waals surface area contributed by atoms with Crippen molar-refractivity contribution in [3.8, 4) is 5.82 Å². The Hall–Kier alpha value is -2.28. The number of aromatic nitrogens is 4. The molecule has 0 aliphatic heterocycles. The Morgan fingerprint density at radius 2 is 2.33 bits per heavy atom. The van der Waals surface area contributed by atoms with E-state index in [4.69, 9.17) is 5.73 Å². The Kier molecular flexibility index (Phi) is 3.42. The highest BCUT2D eigenvalue weighted by atomic mass is 16.1. The zero-order valence-corrected chi connectivity index (χ0v) is 11.9. The van der Waals surface area contributed by atoms with Crippen LogP contribution in [-0.4, -0.2) is 37.7 Å². The third-order valence-electron chi connectivity index (χ3n) is 3.97. The Bertz CT molecular complexity index is 619. The van der Waals surface area contributed by atoms with Gasteiger partial charge in [0.05, 0.1) is 11.1 Å². The third kappa shape index (κ3) is 2.78. The highest BCUT2D eigenvalue weighted by molar-refractivity contribution is 5.94. The minimum absolute atomic E-state index is 0.146. The van der Waals surface area contributed by atoms with Gasteiger partial charge in [-0.3, -0.25) is 4.79 Å². The second-order valence-electron chi connectivity index (χ2n) is 5.60. The molecule has 21 heavy (non-hydrogen) atoms. The first-order chi connectivity index (χ1) is 10.1. The SMILES string of the molecule is CC(CN)(NC(=O)c1ccc(-n2cncn2)nc1)C1CC1. The molecular formula is C14H18N6O. The van der Waals surface area contributed by atoms with Crippen LogP contribution in [0, 0.1) is 5.92 Å². The molecule has 1 amide bonds. The van der Waals surface area contributed by atoms with E-state index in [0.29, 0.717) is 23.8 Å². The Morgan fingerprint density at radius 3 is 2.86 bits per heavy atom. The Balaban J connectivity index is 1.73. The average molecular weight is 286 g/mol. The molecule has 3 rings (SSSR count). The van der Waals surface area contributed by atoms with E-state index in [1.54, 1.807) is 18.5 Å². The van der Waals surface area contributed by atoms with Gasteiger partial charge in [-0.15, -0.1) is 0 Å². The number of nitrogens with one attached hydrogen (secondary N) is 1. The van der Waals surface area contributed by atoms with Crippen LogP contribution in [0.15, 0.2) is 31.0 Å². The van der Waals surface area contributed by atoms with Crippen molar-refractivity contribution >= 4 is 5.91 Å². The summed E-state index contributed by atoms with van der Waals surface area (Å²) in [5.41, 5.74) is 6.00. The molecule has 110 valence electrons. The van der Waals surface area contributed by atoms with E-state index in [2.05, 4.69) is 20.4 Å². The summed E-state index contributed by atoms with van der Waals surface area (Å²) in [5, 5.41) is 7.03. The lowest BCUT2D eigenvalue weighted by Crippen LogP contribution is -2.53. The van der Waals surface area contributed by atoms with E-state index < -0.39 is 0 Å². The first kappa shape index (κ1) is 13.7. The highest BCUT2D eigenvalue weighted by Crippen LogP contribution is 2.39. The molecule has 1 fully saturated rings. The summed E-state index contributed by atoms with van der Waals surface area (Å²) in [7, 11) is 0. The van der Waals surface area contributed by atoms with E-state index in [1.165, 1.54) is 17.2 Å². The van der Waals surface area contributed by atoms with Crippen molar-refractivity contribution in [3.05, 3.63) is 36.5 Å². The van der Waals surface area contributed by atoms with Gasteiger partial charge in [-0.25, -0.2) is 14.6 Å². The molecule has 1 aliphatic carbocycles. The third-order valence-corrected chi connectivity index (χ3v) is 3.97. The van der Waals surface area contributed by atoms with Crippen molar-refractivity contribution in [1.29, 1.82) is 0 Å². The van der Waals surface area contributed by atoms with Gasteiger partial charge >= 0.3 is 0 Å². The molecule has 1 aliphatic rings. The van der Waals surface area contributed by atoms with Gasteiger partial charge in [0.25, 0.3) is 5.91 Å². The molecule has 0 bridgehead atoms.